The second-order valence-electron chi connectivity index (χ2n) is 3.56. The Hall–Kier alpha value is -2.67. The molecule has 2 rings (SSSR count). The summed E-state index contributed by atoms with van der Waals surface area (Å²) in [5.41, 5.74) is 1.15. The van der Waals surface area contributed by atoms with Crippen LogP contribution in [0.3, 0.4) is 0 Å². The van der Waals surface area contributed by atoms with Crippen molar-refractivity contribution in [2.75, 3.05) is 7.11 Å². The molecule has 0 aliphatic carbocycles. The summed E-state index contributed by atoms with van der Waals surface area (Å²) in [6, 6.07) is 8.34. The van der Waals surface area contributed by atoms with Crippen molar-refractivity contribution in [3.63, 3.8) is 0 Å². The molecular formula is C14H10N2O2. The van der Waals surface area contributed by atoms with Crippen molar-refractivity contribution in [2.24, 2.45) is 0 Å². The second-order valence-corrected chi connectivity index (χ2v) is 3.56. The van der Waals surface area contributed by atoms with E-state index in [1.807, 2.05) is 0 Å². The maximum Gasteiger partial charge on any atom is 0.216 e. The number of benzene rings is 1. The average molecular weight is 238 g/mol. The van der Waals surface area contributed by atoms with E-state index in [2.05, 4.69) is 9.83 Å². The van der Waals surface area contributed by atoms with Crippen molar-refractivity contribution in [1.82, 2.24) is 4.98 Å². The van der Waals surface area contributed by atoms with Crippen LogP contribution in [0.5, 0.6) is 5.75 Å². The molecule has 0 fully saturated rings. The van der Waals surface area contributed by atoms with Gasteiger partial charge in [0.2, 0.25) is 5.69 Å². The third-order valence-electron chi connectivity index (χ3n) is 2.52. The molecule has 4 nitrogen and oxygen atoms in total. The summed E-state index contributed by atoms with van der Waals surface area (Å²) < 4.78 is 5.03. The maximum atomic E-state index is 12.2. The van der Waals surface area contributed by atoms with E-state index in [0.29, 0.717) is 16.9 Å². The molecule has 4 heteroatoms. The molecule has 0 saturated carbocycles. The number of hydrogen-bond acceptors (Lipinski definition) is 3. The normalized spacial score (nSPS) is 9.56. The maximum absolute atomic E-state index is 12.2. The monoisotopic (exact) mass is 238 g/mol. The first-order chi connectivity index (χ1) is 8.76. The van der Waals surface area contributed by atoms with Crippen molar-refractivity contribution in [1.29, 1.82) is 0 Å². The first-order valence-corrected chi connectivity index (χ1v) is 5.26. The molecule has 1 aromatic carbocycles. The summed E-state index contributed by atoms with van der Waals surface area (Å²) in [5.74, 6) is 0.498. The highest BCUT2D eigenvalue weighted by atomic mass is 16.5. The molecule has 1 aromatic heterocycles. The molecule has 0 atom stereocenters. The van der Waals surface area contributed by atoms with Crippen LogP contribution in [0.15, 0.2) is 42.7 Å². The van der Waals surface area contributed by atoms with E-state index in [-0.39, 0.29) is 11.5 Å². The molecule has 2 aromatic rings. The molecule has 0 unspecified atom stereocenters. The number of hydrogen-bond donors (Lipinski definition) is 0. The molecule has 0 aliphatic rings. The average Bonchev–Trinajstić information content (AvgIpc) is 2.46. The molecule has 0 spiro atoms. The third-order valence-corrected chi connectivity index (χ3v) is 2.52. The molecule has 0 saturated heterocycles. The van der Waals surface area contributed by atoms with E-state index in [4.69, 9.17) is 11.3 Å². The summed E-state index contributed by atoms with van der Waals surface area (Å²) in [4.78, 5) is 19.3. The van der Waals surface area contributed by atoms with Crippen LogP contribution in [-0.4, -0.2) is 17.9 Å². The van der Waals surface area contributed by atoms with Gasteiger partial charge in [0, 0.05) is 23.5 Å². The van der Waals surface area contributed by atoms with Crippen LogP contribution < -0.4 is 4.74 Å². The Kier molecular flexibility index (Phi) is 3.35. The number of carbonyl (C=O) groups excluding carboxylic acids is 1. The lowest BCUT2D eigenvalue weighted by Crippen LogP contribution is -2.01. The molecule has 0 amide bonds. The predicted octanol–water partition coefficient (Wildman–Crippen LogP) is 2.87. The molecule has 0 bridgehead atoms. The van der Waals surface area contributed by atoms with Crippen molar-refractivity contribution in [3.05, 3.63) is 65.3 Å². The van der Waals surface area contributed by atoms with Crippen molar-refractivity contribution < 1.29 is 9.53 Å². The molecule has 1 heterocycles. The minimum absolute atomic E-state index is 0.189. The number of methoxy groups -OCH3 is 1. The number of nitrogens with zero attached hydrogens (tertiary/aromatic N) is 2. The van der Waals surface area contributed by atoms with E-state index in [9.17, 15) is 4.79 Å². The first-order valence-electron chi connectivity index (χ1n) is 5.26. The van der Waals surface area contributed by atoms with Crippen LogP contribution in [0.2, 0.25) is 0 Å². The highest BCUT2D eigenvalue weighted by Crippen LogP contribution is 2.21. The van der Waals surface area contributed by atoms with E-state index in [0.717, 1.165) is 0 Å². The Morgan fingerprint density at radius 2 is 2.00 bits per heavy atom. The van der Waals surface area contributed by atoms with Crippen LogP contribution in [0, 0.1) is 6.57 Å². The van der Waals surface area contributed by atoms with Gasteiger partial charge in [0.25, 0.3) is 0 Å². The summed E-state index contributed by atoms with van der Waals surface area (Å²) in [6.07, 6.45) is 2.90. The Morgan fingerprint density at radius 3 is 2.61 bits per heavy atom. The molecular weight excluding hydrogens is 228 g/mol. The van der Waals surface area contributed by atoms with Gasteiger partial charge < -0.3 is 4.74 Å². The van der Waals surface area contributed by atoms with Gasteiger partial charge in [-0.25, -0.2) is 4.85 Å². The number of ketones is 1. The molecule has 0 radical (unpaired) electrons. The first kappa shape index (κ1) is 11.8. The number of ether oxygens (including phenoxy) is 1. The summed E-state index contributed by atoms with van der Waals surface area (Å²) in [7, 11) is 1.57. The zero-order valence-electron chi connectivity index (χ0n) is 9.75. The minimum atomic E-state index is -0.189. The van der Waals surface area contributed by atoms with Gasteiger partial charge in [0.15, 0.2) is 5.78 Å². The van der Waals surface area contributed by atoms with Gasteiger partial charge in [-0.1, -0.05) is 0 Å². The van der Waals surface area contributed by atoms with Gasteiger partial charge in [0.05, 0.1) is 13.7 Å². The number of aromatic nitrogens is 1. The Bertz CT molecular complexity index is 612. The van der Waals surface area contributed by atoms with Crippen molar-refractivity contribution >= 4 is 11.5 Å². The lowest BCUT2D eigenvalue weighted by molar-refractivity contribution is 0.103. The summed E-state index contributed by atoms with van der Waals surface area (Å²) in [6.45, 7) is 7.02. The Morgan fingerprint density at radius 1 is 1.28 bits per heavy atom. The van der Waals surface area contributed by atoms with Gasteiger partial charge >= 0.3 is 0 Å². The number of pyridine rings is 1. The zero-order valence-corrected chi connectivity index (χ0v) is 9.75. The molecule has 0 N–H and O–H groups in total. The standard InChI is InChI=1S/C14H10N2O2/c1-15-13-9-16-8-7-12(13)14(17)10-3-5-11(18-2)6-4-10/h3-9H,2H3. The predicted molar refractivity (Wildman–Crippen MR) is 66.9 cm³/mol. The second kappa shape index (κ2) is 5.11. The van der Waals surface area contributed by atoms with Crippen LogP contribution in [0.1, 0.15) is 15.9 Å². The minimum Gasteiger partial charge on any atom is -0.497 e. The smallest absolute Gasteiger partial charge is 0.216 e. The van der Waals surface area contributed by atoms with E-state index < -0.39 is 0 Å². The topological polar surface area (TPSA) is 43.5 Å². The Labute approximate surface area is 105 Å². The highest BCUT2D eigenvalue weighted by Gasteiger charge is 2.13. The quantitative estimate of drug-likeness (QED) is 0.610. The fourth-order valence-electron chi connectivity index (χ4n) is 1.57. The van der Waals surface area contributed by atoms with Gasteiger partial charge in [-0.15, -0.1) is 0 Å². The van der Waals surface area contributed by atoms with Crippen LogP contribution in [-0.2, 0) is 0 Å². The van der Waals surface area contributed by atoms with Crippen molar-refractivity contribution in [3.8, 4) is 5.75 Å². The number of carbonyl (C=O) groups is 1. The molecule has 18 heavy (non-hydrogen) atoms. The SMILES string of the molecule is [C-]#[N+]c1cnccc1C(=O)c1ccc(OC)cc1. The lowest BCUT2D eigenvalue weighted by atomic mass is 10.0. The third kappa shape index (κ3) is 2.20. The van der Waals surface area contributed by atoms with E-state index in [1.165, 1.54) is 12.4 Å². The van der Waals surface area contributed by atoms with Crippen LogP contribution in [0.4, 0.5) is 5.69 Å². The largest absolute Gasteiger partial charge is 0.497 e. The van der Waals surface area contributed by atoms with Gasteiger partial charge in [-0.3, -0.25) is 9.78 Å². The summed E-state index contributed by atoms with van der Waals surface area (Å²) in [5, 5.41) is 0. The lowest BCUT2D eigenvalue weighted by Gasteiger charge is -2.04. The van der Waals surface area contributed by atoms with Gasteiger partial charge in [-0.05, 0) is 30.3 Å². The highest BCUT2D eigenvalue weighted by molar-refractivity contribution is 6.12. The molecule has 0 aliphatic heterocycles. The summed E-state index contributed by atoms with van der Waals surface area (Å²) >= 11 is 0. The Balaban J connectivity index is 2.39. The van der Waals surface area contributed by atoms with E-state index in [1.54, 1.807) is 37.4 Å². The van der Waals surface area contributed by atoms with Crippen LogP contribution in [0.25, 0.3) is 4.85 Å². The number of rotatable bonds is 3. The fraction of sp³-hybridized carbons (Fsp3) is 0.0714. The van der Waals surface area contributed by atoms with Crippen LogP contribution >= 0.6 is 0 Å². The van der Waals surface area contributed by atoms with E-state index >= 15 is 0 Å². The fourth-order valence-corrected chi connectivity index (χ4v) is 1.57. The van der Waals surface area contributed by atoms with Gasteiger partial charge in [0.1, 0.15) is 5.75 Å². The van der Waals surface area contributed by atoms with Crippen molar-refractivity contribution in [2.45, 2.75) is 0 Å². The zero-order chi connectivity index (χ0) is 13.0. The van der Waals surface area contributed by atoms with Gasteiger partial charge in [-0.2, -0.15) is 0 Å². The molecule has 88 valence electrons.